The highest BCUT2D eigenvalue weighted by Gasteiger charge is 2.29. The Balaban J connectivity index is 2.06. The Bertz CT molecular complexity index is 464. The summed E-state index contributed by atoms with van der Waals surface area (Å²) >= 11 is 4.25. The summed E-state index contributed by atoms with van der Waals surface area (Å²) in [6, 6.07) is 7.41. The van der Waals surface area contributed by atoms with Crippen LogP contribution < -0.4 is 9.64 Å². The summed E-state index contributed by atoms with van der Waals surface area (Å²) in [7, 11) is 0. The van der Waals surface area contributed by atoms with E-state index >= 15 is 0 Å². The van der Waals surface area contributed by atoms with Crippen molar-refractivity contribution < 1.29 is 9.53 Å². The highest BCUT2D eigenvalue weighted by atomic mass is 32.1. The summed E-state index contributed by atoms with van der Waals surface area (Å²) in [6.07, 6.45) is 5.70. The van der Waals surface area contributed by atoms with E-state index in [9.17, 15) is 4.79 Å². The van der Waals surface area contributed by atoms with Crippen molar-refractivity contribution in [3.8, 4) is 18.1 Å². The minimum Gasteiger partial charge on any atom is -0.481 e. The maximum absolute atomic E-state index is 11.8. The molecule has 1 fully saturated rings. The fraction of sp³-hybridized carbons (Fsp3) is 0.357. The third-order valence-electron chi connectivity index (χ3n) is 2.93. The molecule has 1 aromatic carbocycles. The summed E-state index contributed by atoms with van der Waals surface area (Å²) in [5.74, 6) is 4.37. The quantitative estimate of drug-likeness (QED) is 0.663. The third-order valence-corrected chi connectivity index (χ3v) is 3.45. The predicted octanol–water partition coefficient (Wildman–Crippen LogP) is 1.98. The van der Waals surface area contributed by atoms with Gasteiger partial charge in [-0.05, 0) is 35.9 Å². The number of anilines is 1. The number of hydrogen-bond donors (Lipinski definition) is 1. The predicted molar refractivity (Wildman–Crippen MR) is 75.1 cm³/mol. The van der Waals surface area contributed by atoms with E-state index in [2.05, 4.69) is 18.5 Å². The van der Waals surface area contributed by atoms with E-state index in [1.54, 1.807) is 4.90 Å². The Morgan fingerprint density at radius 3 is 2.72 bits per heavy atom. The summed E-state index contributed by atoms with van der Waals surface area (Å²) in [4.78, 5) is 13.6. The van der Waals surface area contributed by atoms with Crippen LogP contribution in [0.15, 0.2) is 24.3 Å². The molecular weight excluding hydrogens is 246 g/mol. The second kappa shape index (κ2) is 5.83. The van der Waals surface area contributed by atoms with E-state index in [0.29, 0.717) is 18.1 Å². The Labute approximate surface area is 113 Å². The van der Waals surface area contributed by atoms with Gasteiger partial charge in [0.2, 0.25) is 5.91 Å². The summed E-state index contributed by atoms with van der Waals surface area (Å²) in [5, 5.41) is 0. The molecule has 3 nitrogen and oxygen atoms in total. The Morgan fingerprint density at radius 2 is 2.17 bits per heavy atom. The maximum atomic E-state index is 11.8. The first kappa shape index (κ1) is 12.8. The smallest absolute Gasteiger partial charge is 0.227 e. The average molecular weight is 261 g/mol. The lowest BCUT2D eigenvalue weighted by molar-refractivity contribution is -0.117. The van der Waals surface area contributed by atoms with Crippen LogP contribution in [0.5, 0.6) is 5.75 Å². The summed E-state index contributed by atoms with van der Waals surface area (Å²) in [6.45, 7) is 0.997. The van der Waals surface area contributed by atoms with E-state index in [-0.39, 0.29) is 12.5 Å². The molecule has 1 heterocycles. The van der Waals surface area contributed by atoms with Gasteiger partial charge in [0, 0.05) is 18.7 Å². The van der Waals surface area contributed by atoms with Gasteiger partial charge in [0.25, 0.3) is 0 Å². The summed E-state index contributed by atoms with van der Waals surface area (Å²) in [5.41, 5.74) is 0.900. The number of carbonyl (C=O) groups excluding carboxylic acids is 1. The molecular formula is C14H15NO2S. The number of carbonyl (C=O) groups is 1. The lowest BCUT2D eigenvalue weighted by atomic mass is 10.1. The zero-order valence-corrected chi connectivity index (χ0v) is 10.9. The number of terminal acetylenes is 1. The van der Waals surface area contributed by atoms with Gasteiger partial charge in [-0.3, -0.25) is 4.79 Å². The molecule has 4 heteroatoms. The standard InChI is InChI=1S/C14H15NO2S/c1-2-7-17-13-5-3-12(4-6-13)15-9-11(10-18)8-14(15)16/h1,3-6,11,18H,7-10H2. The van der Waals surface area contributed by atoms with Gasteiger partial charge in [-0.25, -0.2) is 0 Å². The third kappa shape index (κ3) is 2.80. The van der Waals surface area contributed by atoms with Crippen LogP contribution in [0.3, 0.4) is 0 Å². The molecule has 94 valence electrons. The van der Waals surface area contributed by atoms with E-state index in [0.717, 1.165) is 18.0 Å². The van der Waals surface area contributed by atoms with Crippen molar-refractivity contribution in [2.24, 2.45) is 5.92 Å². The van der Waals surface area contributed by atoms with Crippen LogP contribution in [-0.2, 0) is 4.79 Å². The van der Waals surface area contributed by atoms with Gasteiger partial charge >= 0.3 is 0 Å². The zero-order valence-electron chi connectivity index (χ0n) is 10.0. The van der Waals surface area contributed by atoms with Crippen molar-refractivity contribution >= 4 is 24.2 Å². The molecule has 1 amide bonds. The number of hydrogen-bond acceptors (Lipinski definition) is 3. The average Bonchev–Trinajstić information content (AvgIpc) is 2.78. The van der Waals surface area contributed by atoms with Crippen molar-refractivity contribution in [3.05, 3.63) is 24.3 Å². The molecule has 0 saturated carbocycles. The van der Waals surface area contributed by atoms with Gasteiger partial charge in [0.15, 0.2) is 0 Å². The molecule has 1 aliphatic heterocycles. The molecule has 0 aliphatic carbocycles. The van der Waals surface area contributed by atoms with Gasteiger partial charge in [-0.15, -0.1) is 6.42 Å². The van der Waals surface area contributed by atoms with Crippen molar-refractivity contribution in [2.75, 3.05) is 23.8 Å². The first-order chi connectivity index (χ1) is 8.74. The minimum atomic E-state index is 0.159. The molecule has 1 atom stereocenters. The van der Waals surface area contributed by atoms with Crippen molar-refractivity contribution in [1.82, 2.24) is 0 Å². The molecule has 1 aliphatic rings. The van der Waals surface area contributed by atoms with E-state index in [4.69, 9.17) is 11.2 Å². The topological polar surface area (TPSA) is 29.5 Å². The van der Waals surface area contributed by atoms with E-state index in [1.807, 2.05) is 24.3 Å². The monoisotopic (exact) mass is 261 g/mol. The second-order valence-corrected chi connectivity index (χ2v) is 4.61. The van der Waals surface area contributed by atoms with Crippen LogP contribution >= 0.6 is 12.6 Å². The van der Waals surface area contributed by atoms with Gasteiger partial charge < -0.3 is 9.64 Å². The SMILES string of the molecule is C#CCOc1ccc(N2CC(CS)CC2=O)cc1. The first-order valence-corrected chi connectivity index (χ1v) is 6.45. The van der Waals surface area contributed by atoms with Crippen molar-refractivity contribution in [3.63, 3.8) is 0 Å². The van der Waals surface area contributed by atoms with Crippen LogP contribution in [0, 0.1) is 18.3 Å². The normalized spacial score (nSPS) is 18.8. The number of thiol groups is 1. The first-order valence-electron chi connectivity index (χ1n) is 5.82. The maximum Gasteiger partial charge on any atom is 0.227 e. The highest BCUT2D eigenvalue weighted by molar-refractivity contribution is 7.80. The largest absolute Gasteiger partial charge is 0.481 e. The fourth-order valence-electron chi connectivity index (χ4n) is 2.00. The van der Waals surface area contributed by atoms with Gasteiger partial charge in [0.1, 0.15) is 12.4 Å². The Morgan fingerprint density at radius 1 is 1.44 bits per heavy atom. The summed E-state index contributed by atoms with van der Waals surface area (Å²) < 4.78 is 5.29. The number of nitrogens with zero attached hydrogens (tertiary/aromatic N) is 1. The van der Waals surface area contributed by atoms with Crippen LogP contribution in [0.25, 0.3) is 0 Å². The fourth-order valence-corrected chi connectivity index (χ4v) is 2.25. The minimum absolute atomic E-state index is 0.159. The second-order valence-electron chi connectivity index (χ2n) is 4.24. The molecule has 18 heavy (non-hydrogen) atoms. The van der Waals surface area contributed by atoms with Crippen LogP contribution in [0.1, 0.15) is 6.42 Å². The molecule has 0 aromatic heterocycles. The molecule has 1 unspecified atom stereocenters. The van der Waals surface area contributed by atoms with Gasteiger partial charge in [-0.2, -0.15) is 12.6 Å². The molecule has 0 bridgehead atoms. The molecule has 2 rings (SSSR count). The Hall–Kier alpha value is -1.60. The molecule has 1 saturated heterocycles. The number of amides is 1. The highest BCUT2D eigenvalue weighted by Crippen LogP contribution is 2.27. The van der Waals surface area contributed by atoms with Gasteiger partial charge in [-0.1, -0.05) is 5.92 Å². The molecule has 0 N–H and O–H groups in total. The number of rotatable bonds is 4. The van der Waals surface area contributed by atoms with Crippen LogP contribution in [-0.4, -0.2) is 24.8 Å². The van der Waals surface area contributed by atoms with E-state index in [1.165, 1.54) is 0 Å². The van der Waals surface area contributed by atoms with Crippen LogP contribution in [0.4, 0.5) is 5.69 Å². The zero-order chi connectivity index (χ0) is 13.0. The lowest BCUT2D eigenvalue weighted by Crippen LogP contribution is -2.24. The Kier molecular flexibility index (Phi) is 4.16. The van der Waals surface area contributed by atoms with Crippen molar-refractivity contribution in [2.45, 2.75) is 6.42 Å². The van der Waals surface area contributed by atoms with Crippen LogP contribution in [0.2, 0.25) is 0 Å². The molecule has 1 aromatic rings. The molecule has 0 spiro atoms. The molecule has 0 radical (unpaired) electrons. The number of benzene rings is 1. The van der Waals surface area contributed by atoms with Gasteiger partial charge in [0.05, 0.1) is 0 Å². The lowest BCUT2D eigenvalue weighted by Gasteiger charge is -2.16. The number of ether oxygens (including phenoxy) is 1. The van der Waals surface area contributed by atoms with E-state index < -0.39 is 0 Å². The van der Waals surface area contributed by atoms with Crippen molar-refractivity contribution in [1.29, 1.82) is 0 Å².